The molecule has 2 aliphatic heterocycles. The highest BCUT2D eigenvalue weighted by molar-refractivity contribution is 5.69. The van der Waals surface area contributed by atoms with Gasteiger partial charge in [0.25, 0.3) is 0 Å². The molecular weight excluding hydrogens is 354 g/mol. The monoisotopic (exact) mass is 379 g/mol. The van der Waals surface area contributed by atoms with Gasteiger partial charge in [-0.2, -0.15) is 0 Å². The fraction of sp³-hybridized carbons (Fsp3) is 0.455. The minimum absolute atomic E-state index is 0.0614. The second-order valence-electron chi connectivity index (χ2n) is 8.03. The van der Waals surface area contributed by atoms with Crippen molar-refractivity contribution in [2.24, 2.45) is 11.8 Å². The summed E-state index contributed by atoms with van der Waals surface area (Å²) in [6.45, 7) is 3.76. The van der Waals surface area contributed by atoms with Crippen molar-refractivity contribution in [1.29, 1.82) is 0 Å². The number of pyridine rings is 1. The van der Waals surface area contributed by atoms with Gasteiger partial charge in [0.15, 0.2) is 0 Å². The van der Waals surface area contributed by atoms with Crippen LogP contribution in [0.5, 0.6) is 5.75 Å². The Kier molecular flexibility index (Phi) is 4.55. The van der Waals surface area contributed by atoms with E-state index in [1.165, 1.54) is 6.42 Å². The number of carbonyl (C=O) groups excluding carboxylic acids is 1. The van der Waals surface area contributed by atoms with E-state index in [0.717, 1.165) is 54.9 Å². The van der Waals surface area contributed by atoms with Gasteiger partial charge in [0.1, 0.15) is 19.0 Å². The summed E-state index contributed by atoms with van der Waals surface area (Å²) in [4.78, 5) is 20.8. The number of nitrogens with zero attached hydrogens (tertiary/aromatic N) is 3. The van der Waals surface area contributed by atoms with Crippen molar-refractivity contribution in [3.8, 4) is 5.75 Å². The van der Waals surface area contributed by atoms with Gasteiger partial charge in [0.2, 0.25) is 0 Å². The highest BCUT2D eigenvalue weighted by Crippen LogP contribution is 2.46. The Morgan fingerprint density at radius 1 is 1.14 bits per heavy atom. The summed E-state index contributed by atoms with van der Waals surface area (Å²) in [7, 11) is 0. The molecule has 0 N–H and O–H groups in total. The van der Waals surface area contributed by atoms with Gasteiger partial charge >= 0.3 is 6.09 Å². The number of carbonyl (C=O) groups is 1. The van der Waals surface area contributed by atoms with Gasteiger partial charge in [0, 0.05) is 25.7 Å². The summed E-state index contributed by atoms with van der Waals surface area (Å²) in [6, 6.07) is 11.9. The lowest BCUT2D eigenvalue weighted by Gasteiger charge is -2.39. The second kappa shape index (κ2) is 7.34. The number of hydrogen-bond donors (Lipinski definition) is 0. The number of aromatic nitrogens is 1. The molecule has 3 heterocycles. The standard InChI is InChI=1S/C22H25N3O3/c26-22(28-14-16-4-2-1-3-5-16)25-7-6-19(25)15-27-21-9-20(10-23-11-21)24-12-17-8-18(17)13-24/h1-5,9-11,17-19H,6-8,12-15H2. The zero-order valence-electron chi connectivity index (χ0n) is 15.9. The van der Waals surface area contributed by atoms with Crippen molar-refractivity contribution in [2.45, 2.75) is 25.5 Å². The van der Waals surface area contributed by atoms with Crippen molar-refractivity contribution in [1.82, 2.24) is 9.88 Å². The van der Waals surface area contributed by atoms with Crippen LogP contribution >= 0.6 is 0 Å². The minimum atomic E-state index is -0.271. The molecule has 3 aliphatic rings. The van der Waals surface area contributed by atoms with E-state index in [-0.39, 0.29) is 12.1 Å². The molecule has 5 rings (SSSR count). The maximum Gasteiger partial charge on any atom is 0.410 e. The number of benzene rings is 1. The lowest BCUT2D eigenvalue weighted by molar-refractivity contribution is 0.0259. The molecule has 1 amide bonds. The molecule has 1 aromatic carbocycles. The van der Waals surface area contributed by atoms with E-state index in [0.29, 0.717) is 13.2 Å². The highest BCUT2D eigenvalue weighted by atomic mass is 16.6. The minimum Gasteiger partial charge on any atom is -0.490 e. The maximum absolute atomic E-state index is 12.3. The largest absolute Gasteiger partial charge is 0.490 e. The zero-order valence-corrected chi connectivity index (χ0v) is 15.9. The number of amides is 1. The van der Waals surface area contributed by atoms with E-state index in [1.807, 2.05) is 36.5 Å². The molecule has 146 valence electrons. The van der Waals surface area contributed by atoms with Gasteiger partial charge in [-0.05, 0) is 30.2 Å². The van der Waals surface area contributed by atoms with Crippen LogP contribution in [0, 0.1) is 11.8 Å². The predicted molar refractivity (Wildman–Crippen MR) is 105 cm³/mol. The van der Waals surface area contributed by atoms with Gasteiger partial charge < -0.3 is 19.3 Å². The zero-order chi connectivity index (χ0) is 18.9. The van der Waals surface area contributed by atoms with Gasteiger partial charge in [-0.15, -0.1) is 0 Å². The average Bonchev–Trinajstić information content (AvgIpc) is 3.32. The van der Waals surface area contributed by atoms with Crippen molar-refractivity contribution >= 4 is 11.8 Å². The van der Waals surface area contributed by atoms with E-state index in [1.54, 1.807) is 11.1 Å². The first-order valence-corrected chi connectivity index (χ1v) is 10.1. The third-order valence-corrected chi connectivity index (χ3v) is 6.07. The molecular formula is C22H25N3O3. The summed E-state index contributed by atoms with van der Waals surface area (Å²) in [6.07, 6.45) is 5.71. The summed E-state index contributed by atoms with van der Waals surface area (Å²) < 4.78 is 11.4. The summed E-state index contributed by atoms with van der Waals surface area (Å²) in [5.74, 6) is 2.53. The first-order chi connectivity index (χ1) is 13.8. The van der Waals surface area contributed by atoms with Gasteiger partial charge in [-0.1, -0.05) is 30.3 Å². The number of anilines is 1. The summed E-state index contributed by atoms with van der Waals surface area (Å²) >= 11 is 0. The third-order valence-electron chi connectivity index (χ3n) is 6.07. The van der Waals surface area contributed by atoms with Gasteiger partial charge in [0.05, 0.1) is 24.1 Å². The molecule has 1 saturated carbocycles. The first kappa shape index (κ1) is 17.3. The fourth-order valence-electron chi connectivity index (χ4n) is 4.12. The van der Waals surface area contributed by atoms with Crippen LogP contribution in [-0.4, -0.2) is 48.3 Å². The van der Waals surface area contributed by atoms with Crippen LogP contribution < -0.4 is 9.64 Å². The Labute approximate surface area is 165 Å². The smallest absolute Gasteiger partial charge is 0.410 e. The maximum atomic E-state index is 12.3. The topological polar surface area (TPSA) is 54.9 Å². The molecule has 2 saturated heterocycles. The van der Waals surface area contributed by atoms with Crippen LogP contribution in [0.15, 0.2) is 48.8 Å². The number of piperidine rings is 1. The van der Waals surface area contributed by atoms with Gasteiger partial charge in [-0.25, -0.2) is 4.79 Å². The molecule has 3 fully saturated rings. The molecule has 0 bridgehead atoms. The Hall–Kier alpha value is -2.76. The molecule has 0 radical (unpaired) electrons. The molecule has 0 spiro atoms. The van der Waals surface area contributed by atoms with Crippen LogP contribution in [0.4, 0.5) is 10.5 Å². The van der Waals surface area contributed by atoms with Gasteiger partial charge in [-0.3, -0.25) is 4.98 Å². The fourth-order valence-corrected chi connectivity index (χ4v) is 4.12. The molecule has 6 heteroatoms. The van der Waals surface area contributed by atoms with E-state index in [4.69, 9.17) is 9.47 Å². The molecule has 2 aromatic rings. The lowest BCUT2D eigenvalue weighted by atomic mass is 10.1. The number of hydrogen-bond acceptors (Lipinski definition) is 5. The second-order valence-corrected chi connectivity index (χ2v) is 8.03. The van der Waals surface area contributed by atoms with E-state index in [2.05, 4.69) is 16.0 Å². The predicted octanol–water partition coefficient (Wildman–Crippen LogP) is 3.33. The van der Waals surface area contributed by atoms with E-state index < -0.39 is 0 Å². The van der Waals surface area contributed by atoms with Crippen LogP contribution in [0.1, 0.15) is 18.4 Å². The van der Waals surface area contributed by atoms with Crippen molar-refractivity contribution in [2.75, 3.05) is 31.1 Å². The molecule has 1 aromatic heterocycles. The number of ether oxygens (including phenoxy) is 2. The Balaban J connectivity index is 1.11. The molecule has 3 atom stereocenters. The van der Waals surface area contributed by atoms with Crippen molar-refractivity contribution in [3.63, 3.8) is 0 Å². The van der Waals surface area contributed by atoms with E-state index >= 15 is 0 Å². The Morgan fingerprint density at radius 2 is 1.96 bits per heavy atom. The Bertz CT molecular complexity index is 834. The lowest BCUT2D eigenvalue weighted by Crippen LogP contribution is -2.54. The van der Waals surface area contributed by atoms with E-state index in [9.17, 15) is 4.79 Å². The average molecular weight is 379 g/mol. The normalized spacial score (nSPS) is 25.1. The van der Waals surface area contributed by atoms with Crippen LogP contribution in [0.3, 0.4) is 0 Å². The number of fused-ring (bicyclic) bond motifs is 1. The Morgan fingerprint density at radius 3 is 2.71 bits per heavy atom. The number of rotatable bonds is 6. The first-order valence-electron chi connectivity index (χ1n) is 10.1. The third kappa shape index (κ3) is 3.63. The molecule has 1 aliphatic carbocycles. The van der Waals surface area contributed by atoms with Crippen LogP contribution in [0.2, 0.25) is 0 Å². The number of likely N-dealkylation sites (tertiary alicyclic amines) is 1. The molecule has 3 unspecified atom stereocenters. The van der Waals surface area contributed by atoms with Crippen molar-refractivity contribution < 1.29 is 14.3 Å². The van der Waals surface area contributed by atoms with Crippen LogP contribution in [-0.2, 0) is 11.3 Å². The summed E-state index contributed by atoms with van der Waals surface area (Å²) in [5, 5.41) is 0. The van der Waals surface area contributed by atoms with Crippen LogP contribution in [0.25, 0.3) is 0 Å². The summed E-state index contributed by atoms with van der Waals surface area (Å²) in [5.41, 5.74) is 2.13. The SMILES string of the molecule is O=C(OCc1ccccc1)N1CCC1COc1cncc(N2CC3CC3C2)c1. The highest BCUT2D eigenvalue weighted by Gasteiger charge is 2.45. The van der Waals surface area contributed by atoms with Crippen molar-refractivity contribution in [3.05, 3.63) is 54.4 Å². The molecule has 28 heavy (non-hydrogen) atoms. The quantitative estimate of drug-likeness (QED) is 0.771. The molecule has 6 nitrogen and oxygen atoms in total.